The number of anilines is 1. The van der Waals surface area contributed by atoms with Gasteiger partial charge in [0.2, 0.25) is 5.91 Å². The number of amides is 1. The van der Waals surface area contributed by atoms with E-state index in [2.05, 4.69) is 20.3 Å². The number of rotatable bonds is 4. The summed E-state index contributed by atoms with van der Waals surface area (Å²) in [7, 11) is 0. The Bertz CT molecular complexity index is 1230. The highest BCUT2D eigenvalue weighted by molar-refractivity contribution is 7.14. The van der Waals surface area contributed by atoms with Gasteiger partial charge in [0.05, 0.1) is 16.6 Å². The summed E-state index contributed by atoms with van der Waals surface area (Å²) < 4.78 is 1.27. The molecule has 0 aliphatic rings. The number of pyridine rings is 1. The molecule has 9 heteroatoms. The standard InChI is InChI=1S/C19H15N5O3S/c1-11-21-14-6-5-12(25)8-13(14)18(27)24(11)9-17(26)23-19-22-16(10-28-19)15-4-2-3-7-20-15/h2-8,10,25H,9H2,1H3,(H,22,23,26). The third-order valence-electron chi connectivity index (χ3n) is 4.11. The molecule has 0 spiro atoms. The first kappa shape index (κ1) is 17.8. The molecule has 0 fully saturated rings. The van der Waals surface area contributed by atoms with E-state index in [0.717, 1.165) is 0 Å². The summed E-state index contributed by atoms with van der Waals surface area (Å²) in [6.07, 6.45) is 1.67. The number of nitrogens with one attached hydrogen (secondary N) is 1. The number of aromatic nitrogens is 4. The van der Waals surface area contributed by atoms with Gasteiger partial charge in [0, 0.05) is 11.6 Å². The van der Waals surface area contributed by atoms with Gasteiger partial charge in [-0.15, -0.1) is 11.3 Å². The Morgan fingerprint density at radius 2 is 2.07 bits per heavy atom. The Hall–Kier alpha value is -3.59. The molecule has 140 valence electrons. The number of carbonyl (C=O) groups excluding carboxylic acids is 1. The third kappa shape index (κ3) is 3.47. The molecule has 28 heavy (non-hydrogen) atoms. The molecular formula is C19H15N5O3S. The average molecular weight is 393 g/mol. The fourth-order valence-electron chi connectivity index (χ4n) is 2.77. The van der Waals surface area contributed by atoms with Crippen LogP contribution in [0.25, 0.3) is 22.3 Å². The number of carbonyl (C=O) groups is 1. The summed E-state index contributed by atoms with van der Waals surface area (Å²) in [5.41, 5.74) is 1.46. The van der Waals surface area contributed by atoms with Crippen LogP contribution in [0.2, 0.25) is 0 Å². The topological polar surface area (TPSA) is 110 Å². The van der Waals surface area contributed by atoms with Gasteiger partial charge in [0.15, 0.2) is 5.13 Å². The molecule has 3 aromatic heterocycles. The van der Waals surface area contributed by atoms with E-state index in [1.807, 2.05) is 18.2 Å². The normalized spacial score (nSPS) is 10.9. The van der Waals surface area contributed by atoms with Crippen molar-refractivity contribution < 1.29 is 9.90 Å². The van der Waals surface area contributed by atoms with Crippen LogP contribution in [0.5, 0.6) is 5.75 Å². The molecule has 0 saturated carbocycles. The lowest BCUT2D eigenvalue weighted by atomic mass is 10.2. The fourth-order valence-corrected chi connectivity index (χ4v) is 3.49. The Kier molecular flexibility index (Phi) is 4.58. The summed E-state index contributed by atoms with van der Waals surface area (Å²) in [6.45, 7) is 1.45. The van der Waals surface area contributed by atoms with Gasteiger partial charge >= 0.3 is 0 Å². The van der Waals surface area contributed by atoms with Crippen molar-refractivity contribution >= 4 is 33.3 Å². The van der Waals surface area contributed by atoms with Crippen molar-refractivity contribution in [2.45, 2.75) is 13.5 Å². The lowest BCUT2D eigenvalue weighted by molar-refractivity contribution is -0.116. The van der Waals surface area contributed by atoms with Crippen LogP contribution in [0, 0.1) is 6.92 Å². The number of fused-ring (bicyclic) bond motifs is 1. The molecule has 0 unspecified atom stereocenters. The van der Waals surface area contributed by atoms with E-state index < -0.39 is 5.91 Å². The second kappa shape index (κ2) is 7.20. The van der Waals surface area contributed by atoms with Crippen LogP contribution in [-0.2, 0) is 11.3 Å². The van der Waals surface area contributed by atoms with Crippen LogP contribution in [-0.4, -0.2) is 30.5 Å². The fraction of sp³-hybridized carbons (Fsp3) is 0.105. The molecule has 0 aliphatic heterocycles. The smallest absolute Gasteiger partial charge is 0.261 e. The van der Waals surface area contributed by atoms with Crippen molar-refractivity contribution in [1.29, 1.82) is 0 Å². The van der Waals surface area contributed by atoms with E-state index in [1.165, 1.54) is 28.0 Å². The van der Waals surface area contributed by atoms with Crippen molar-refractivity contribution in [1.82, 2.24) is 19.5 Å². The van der Waals surface area contributed by atoms with Crippen molar-refractivity contribution in [2.75, 3.05) is 5.32 Å². The minimum atomic E-state index is -0.395. The second-order valence-corrected chi connectivity index (χ2v) is 6.91. The molecule has 2 N–H and O–H groups in total. The van der Waals surface area contributed by atoms with Crippen molar-refractivity contribution in [3.63, 3.8) is 0 Å². The van der Waals surface area contributed by atoms with Gasteiger partial charge in [-0.3, -0.25) is 19.1 Å². The molecular weight excluding hydrogens is 378 g/mol. The predicted molar refractivity (Wildman–Crippen MR) is 106 cm³/mol. The Balaban J connectivity index is 1.56. The minimum absolute atomic E-state index is 0.0314. The highest BCUT2D eigenvalue weighted by atomic mass is 32.1. The van der Waals surface area contributed by atoms with Crippen molar-refractivity contribution in [3.8, 4) is 17.1 Å². The SMILES string of the molecule is Cc1nc2ccc(O)cc2c(=O)n1CC(=O)Nc1nc(-c2ccccn2)cs1. The molecule has 0 aliphatic carbocycles. The first-order valence-corrected chi connectivity index (χ1v) is 9.26. The lowest BCUT2D eigenvalue weighted by Gasteiger charge is -2.10. The van der Waals surface area contributed by atoms with E-state index in [1.54, 1.807) is 24.6 Å². The summed E-state index contributed by atoms with van der Waals surface area (Å²) in [5.74, 6) is -0.0174. The zero-order valence-electron chi connectivity index (χ0n) is 14.8. The number of phenols is 1. The molecule has 0 atom stereocenters. The zero-order chi connectivity index (χ0) is 19.7. The number of aromatic hydroxyl groups is 1. The van der Waals surface area contributed by atoms with E-state index in [0.29, 0.717) is 27.9 Å². The highest BCUT2D eigenvalue weighted by Crippen LogP contribution is 2.23. The predicted octanol–water partition coefficient (Wildman–Crippen LogP) is 2.57. The quantitative estimate of drug-likeness (QED) is 0.551. The third-order valence-corrected chi connectivity index (χ3v) is 4.87. The van der Waals surface area contributed by atoms with E-state index in [9.17, 15) is 14.7 Å². The molecule has 1 aromatic carbocycles. The molecule has 4 aromatic rings. The van der Waals surface area contributed by atoms with E-state index >= 15 is 0 Å². The monoisotopic (exact) mass is 393 g/mol. The summed E-state index contributed by atoms with van der Waals surface area (Å²) in [6, 6.07) is 9.89. The Labute approximate surface area is 163 Å². The largest absolute Gasteiger partial charge is 0.508 e. The number of aryl methyl sites for hydroxylation is 1. The first-order valence-electron chi connectivity index (χ1n) is 8.38. The van der Waals surface area contributed by atoms with E-state index in [-0.39, 0.29) is 23.2 Å². The second-order valence-electron chi connectivity index (χ2n) is 6.05. The van der Waals surface area contributed by atoms with Crippen LogP contribution in [0.1, 0.15) is 5.82 Å². The van der Waals surface area contributed by atoms with Gasteiger partial charge in [-0.2, -0.15) is 0 Å². The van der Waals surface area contributed by atoms with Crippen molar-refractivity contribution in [2.24, 2.45) is 0 Å². The number of phenolic OH excluding ortho intramolecular Hbond substituents is 1. The maximum absolute atomic E-state index is 12.7. The molecule has 4 rings (SSSR count). The Morgan fingerprint density at radius 3 is 2.86 bits per heavy atom. The average Bonchev–Trinajstić information content (AvgIpc) is 3.15. The van der Waals surface area contributed by atoms with Crippen LogP contribution in [0.4, 0.5) is 5.13 Å². The maximum Gasteiger partial charge on any atom is 0.261 e. The van der Waals surface area contributed by atoms with Gasteiger partial charge in [-0.05, 0) is 37.3 Å². The highest BCUT2D eigenvalue weighted by Gasteiger charge is 2.14. The zero-order valence-corrected chi connectivity index (χ0v) is 15.6. The Morgan fingerprint density at radius 1 is 1.21 bits per heavy atom. The summed E-state index contributed by atoms with van der Waals surface area (Å²) in [4.78, 5) is 38.0. The summed E-state index contributed by atoms with van der Waals surface area (Å²) in [5, 5.41) is 14.8. The molecule has 1 amide bonds. The number of hydrogen-bond acceptors (Lipinski definition) is 7. The lowest BCUT2D eigenvalue weighted by Crippen LogP contribution is -2.30. The molecule has 3 heterocycles. The van der Waals surface area contributed by atoms with Crippen LogP contribution in [0.3, 0.4) is 0 Å². The van der Waals surface area contributed by atoms with Gasteiger partial charge in [0.1, 0.15) is 23.8 Å². The number of benzene rings is 1. The van der Waals surface area contributed by atoms with Crippen molar-refractivity contribution in [3.05, 3.63) is 64.2 Å². The van der Waals surface area contributed by atoms with Crippen LogP contribution in [0.15, 0.2) is 52.8 Å². The minimum Gasteiger partial charge on any atom is -0.508 e. The number of hydrogen-bond donors (Lipinski definition) is 2. The number of nitrogens with zero attached hydrogens (tertiary/aromatic N) is 4. The molecule has 0 saturated heterocycles. The molecule has 0 radical (unpaired) electrons. The van der Waals surface area contributed by atoms with Crippen LogP contribution >= 0.6 is 11.3 Å². The number of thiazole rings is 1. The maximum atomic E-state index is 12.7. The van der Waals surface area contributed by atoms with Gasteiger partial charge in [-0.1, -0.05) is 6.07 Å². The molecule has 0 bridgehead atoms. The van der Waals surface area contributed by atoms with Crippen LogP contribution < -0.4 is 10.9 Å². The van der Waals surface area contributed by atoms with E-state index in [4.69, 9.17) is 0 Å². The van der Waals surface area contributed by atoms with Gasteiger partial charge < -0.3 is 10.4 Å². The van der Waals surface area contributed by atoms with Gasteiger partial charge in [-0.25, -0.2) is 9.97 Å². The van der Waals surface area contributed by atoms with Gasteiger partial charge in [0.25, 0.3) is 5.56 Å². The first-order chi connectivity index (χ1) is 13.5. The summed E-state index contributed by atoms with van der Waals surface area (Å²) >= 11 is 1.28. The molecule has 8 nitrogen and oxygen atoms in total.